The van der Waals surface area contributed by atoms with Crippen molar-refractivity contribution in [1.82, 2.24) is 5.32 Å². The first-order chi connectivity index (χ1) is 8.63. The highest BCUT2D eigenvalue weighted by atomic mass is 35.5. The zero-order chi connectivity index (χ0) is 13.1. The van der Waals surface area contributed by atoms with Crippen molar-refractivity contribution in [2.75, 3.05) is 13.1 Å². The van der Waals surface area contributed by atoms with Gasteiger partial charge in [0.15, 0.2) is 5.82 Å². The molecule has 1 N–H and O–H groups in total. The van der Waals surface area contributed by atoms with Gasteiger partial charge in [0.1, 0.15) is 16.9 Å². The van der Waals surface area contributed by atoms with Gasteiger partial charge in [0.25, 0.3) is 0 Å². The summed E-state index contributed by atoms with van der Waals surface area (Å²) in [6, 6.07) is 3.09. The molecule has 2 nitrogen and oxygen atoms in total. The minimum atomic E-state index is -0.616. The number of hydrogen-bond donors (Lipinski definition) is 1. The van der Waals surface area contributed by atoms with Gasteiger partial charge in [0.2, 0.25) is 0 Å². The summed E-state index contributed by atoms with van der Waals surface area (Å²) in [5.74, 6) is 0.206. The predicted octanol–water partition coefficient (Wildman–Crippen LogP) is 3.90. The first-order valence-electron chi connectivity index (χ1n) is 6.14. The van der Waals surface area contributed by atoms with Gasteiger partial charge < -0.3 is 10.1 Å². The van der Waals surface area contributed by atoms with E-state index in [4.69, 9.17) is 27.9 Å². The van der Waals surface area contributed by atoms with Crippen molar-refractivity contribution in [3.8, 4) is 5.75 Å². The molecule has 0 unspecified atom stereocenters. The van der Waals surface area contributed by atoms with Gasteiger partial charge in [-0.05, 0) is 31.5 Å². The fourth-order valence-electron chi connectivity index (χ4n) is 2.27. The van der Waals surface area contributed by atoms with Crippen molar-refractivity contribution in [3.05, 3.63) is 28.0 Å². The van der Waals surface area contributed by atoms with Crippen LogP contribution in [0.5, 0.6) is 5.75 Å². The Hall–Kier alpha value is -0.510. The Morgan fingerprint density at radius 2 is 2.28 bits per heavy atom. The maximum atomic E-state index is 13.6. The van der Waals surface area contributed by atoms with E-state index in [-0.39, 0.29) is 16.1 Å². The van der Waals surface area contributed by atoms with Gasteiger partial charge >= 0.3 is 0 Å². The fraction of sp³-hybridized carbons (Fsp3) is 0.538. The third-order valence-corrected chi connectivity index (χ3v) is 3.95. The quantitative estimate of drug-likeness (QED) is 0.850. The Labute approximate surface area is 116 Å². The maximum absolute atomic E-state index is 13.6. The normalized spacial score (nSPS) is 21.0. The van der Waals surface area contributed by atoms with Crippen molar-refractivity contribution in [3.63, 3.8) is 0 Å². The van der Waals surface area contributed by atoms with E-state index in [2.05, 4.69) is 12.2 Å². The minimum Gasteiger partial charge on any atom is -0.488 e. The van der Waals surface area contributed by atoms with E-state index in [1.807, 2.05) is 0 Å². The average Bonchev–Trinajstić information content (AvgIpc) is 2.89. The molecule has 1 fully saturated rings. The Morgan fingerprint density at radius 1 is 1.50 bits per heavy atom. The molecule has 0 amide bonds. The van der Waals surface area contributed by atoms with E-state index >= 15 is 0 Å². The Balaban J connectivity index is 2.14. The Kier molecular flexibility index (Phi) is 4.71. The molecule has 1 heterocycles. The fourth-order valence-corrected chi connectivity index (χ4v) is 2.68. The van der Waals surface area contributed by atoms with Crippen LogP contribution in [0.2, 0.25) is 10.0 Å². The smallest absolute Gasteiger partial charge is 0.164 e. The van der Waals surface area contributed by atoms with Crippen LogP contribution < -0.4 is 10.1 Å². The van der Waals surface area contributed by atoms with Gasteiger partial charge in [0.05, 0.1) is 5.02 Å². The molecule has 1 aromatic rings. The van der Waals surface area contributed by atoms with E-state index in [1.165, 1.54) is 6.07 Å². The molecule has 1 aliphatic heterocycles. The molecule has 1 aliphatic rings. The number of nitrogens with one attached hydrogen (secondary N) is 1. The summed E-state index contributed by atoms with van der Waals surface area (Å²) in [7, 11) is 0. The third-order valence-electron chi connectivity index (χ3n) is 3.30. The number of benzene rings is 1. The highest BCUT2D eigenvalue weighted by Crippen LogP contribution is 2.34. The Bertz CT molecular complexity index is 422. The topological polar surface area (TPSA) is 21.3 Å². The van der Waals surface area contributed by atoms with E-state index in [0.717, 1.165) is 25.9 Å². The van der Waals surface area contributed by atoms with Crippen LogP contribution in [0.3, 0.4) is 0 Å². The molecule has 18 heavy (non-hydrogen) atoms. The summed E-state index contributed by atoms with van der Waals surface area (Å²) in [6.07, 6.45) is 2.00. The van der Waals surface area contributed by atoms with Crippen molar-refractivity contribution < 1.29 is 9.13 Å². The molecule has 1 saturated heterocycles. The second-order valence-corrected chi connectivity index (χ2v) is 5.28. The standard InChI is InChI=1S/C13H16Cl2FNO/c1-2-10(8-5-6-17-7-8)18-11-4-3-9(14)13(16)12(11)15/h3-4,8,10,17H,2,5-7H2,1H3/t8-,10-/m0/s1. The lowest BCUT2D eigenvalue weighted by molar-refractivity contribution is 0.138. The number of hydrogen-bond acceptors (Lipinski definition) is 2. The number of rotatable bonds is 4. The highest BCUT2D eigenvalue weighted by molar-refractivity contribution is 6.35. The largest absolute Gasteiger partial charge is 0.488 e. The SMILES string of the molecule is CC[C@H](Oc1ccc(Cl)c(F)c1Cl)[C@H]1CCNC1. The molecule has 2 atom stereocenters. The monoisotopic (exact) mass is 291 g/mol. The zero-order valence-electron chi connectivity index (χ0n) is 10.2. The third kappa shape index (κ3) is 2.90. The first kappa shape index (κ1) is 13.9. The molecule has 0 saturated carbocycles. The lowest BCUT2D eigenvalue weighted by Gasteiger charge is -2.23. The second-order valence-electron chi connectivity index (χ2n) is 4.49. The zero-order valence-corrected chi connectivity index (χ0v) is 11.7. The molecule has 1 aromatic carbocycles. The van der Waals surface area contributed by atoms with Crippen molar-refractivity contribution >= 4 is 23.2 Å². The minimum absolute atomic E-state index is 0.0166. The van der Waals surface area contributed by atoms with Crippen LogP contribution in [0.25, 0.3) is 0 Å². The summed E-state index contributed by atoms with van der Waals surface area (Å²) in [6.45, 7) is 4.00. The van der Waals surface area contributed by atoms with E-state index < -0.39 is 5.82 Å². The molecular weight excluding hydrogens is 276 g/mol. The van der Waals surface area contributed by atoms with Crippen molar-refractivity contribution in [1.29, 1.82) is 0 Å². The summed E-state index contributed by atoms with van der Waals surface area (Å²) in [5.41, 5.74) is 0. The summed E-state index contributed by atoms with van der Waals surface area (Å²) in [4.78, 5) is 0. The molecular formula is C13H16Cl2FNO. The molecule has 2 rings (SSSR count). The van der Waals surface area contributed by atoms with Gasteiger partial charge in [-0.3, -0.25) is 0 Å². The lowest BCUT2D eigenvalue weighted by atomic mass is 9.99. The molecule has 0 aromatic heterocycles. The van der Waals surface area contributed by atoms with Crippen LogP contribution in [0.1, 0.15) is 19.8 Å². The average molecular weight is 292 g/mol. The molecule has 0 radical (unpaired) electrons. The summed E-state index contributed by atoms with van der Waals surface area (Å²) >= 11 is 11.6. The van der Waals surface area contributed by atoms with Gasteiger partial charge in [0, 0.05) is 12.5 Å². The summed E-state index contributed by atoms with van der Waals surface area (Å²) < 4.78 is 19.4. The highest BCUT2D eigenvalue weighted by Gasteiger charge is 2.26. The van der Waals surface area contributed by atoms with E-state index in [9.17, 15) is 4.39 Å². The first-order valence-corrected chi connectivity index (χ1v) is 6.90. The van der Waals surface area contributed by atoms with Crippen molar-refractivity contribution in [2.24, 2.45) is 5.92 Å². The van der Waals surface area contributed by atoms with Crippen molar-refractivity contribution in [2.45, 2.75) is 25.9 Å². The van der Waals surface area contributed by atoms with E-state index in [1.54, 1.807) is 6.07 Å². The Morgan fingerprint density at radius 3 is 2.89 bits per heavy atom. The van der Waals surface area contributed by atoms with Crippen LogP contribution >= 0.6 is 23.2 Å². The van der Waals surface area contributed by atoms with Crippen LogP contribution in [0.4, 0.5) is 4.39 Å². The van der Waals surface area contributed by atoms with Gasteiger partial charge in [-0.1, -0.05) is 30.1 Å². The molecule has 0 spiro atoms. The van der Waals surface area contributed by atoms with Gasteiger partial charge in [-0.15, -0.1) is 0 Å². The number of ether oxygens (including phenoxy) is 1. The van der Waals surface area contributed by atoms with Crippen LogP contribution in [0, 0.1) is 11.7 Å². The van der Waals surface area contributed by atoms with Crippen LogP contribution in [0.15, 0.2) is 12.1 Å². The maximum Gasteiger partial charge on any atom is 0.164 e. The number of halogens is 3. The van der Waals surface area contributed by atoms with Crippen LogP contribution in [-0.2, 0) is 0 Å². The predicted molar refractivity (Wildman–Crippen MR) is 72.1 cm³/mol. The van der Waals surface area contributed by atoms with Crippen LogP contribution in [-0.4, -0.2) is 19.2 Å². The molecule has 0 bridgehead atoms. The van der Waals surface area contributed by atoms with Gasteiger partial charge in [-0.25, -0.2) is 4.39 Å². The lowest BCUT2D eigenvalue weighted by Crippen LogP contribution is -2.28. The second kappa shape index (κ2) is 6.09. The molecule has 100 valence electrons. The van der Waals surface area contributed by atoms with E-state index in [0.29, 0.717) is 11.7 Å². The molecule has 0 aliphatic carbocycles. The van der Waals surface area contributed by atoms with Gasteiger partial charge in [-0.2, -0.15) is 0 Å². The summed E-state index contributed by atoms with van der Waals surface area (Å²) in [5, 5.41) is 3.28. The molecule has 5 heteroatoms.